The van der Waals surface area contributed by atoms with Crippen molar-refractivity contribution < 1.29 is 4.79 Å². The Balaban J connectivity index is 2.16. The summed E-state index contributed by atoms with van der Waals surface area (Å²) >= 11 is 0. The number of pyridine rings is 1. The number of carbonyl (C=O) groups excluding carboxylic acids is 1. The quantitative estimate of drug-likeness (QED) is 0.676. The minimum atomic E-state index is 0.321. The first-order valence-corrected chi connectivity index (χ1v) is 5.37. The summed E-state index contributed by atoms with van der Waals surface area (Å²) in [5.41, 5.74) is 3.30. The van der Waals surface area contributed by atoms with E-state index in [0.717, 1.165) is 30.5 Å². The first-order valence-electron chi connectivity index (χ1n) is 5.37. The number of nitrogens with zero attached hydrogens (tertiary/aromatic N) is 1. The molecule has 0 bridgehead atoms. The second-order valence-corrected chi connectivity index (χ2v) is 4.27. The molecule has 0 aromatic carbocycles. The Morgan fingerprint density at radius 1 is 1.29 bits per heavy atom. The van der Waals surface area contributed by atoms with E-state index in [9.17, 15) is 4.79 Å². The molecule has 0 unspecified atom stereocenters. The molecule has 0 amide bonds. The molecule has 2 nitrogen and oxygen atoms in total. The maximum absolute atomic E-state index is 11.8. The first kappa shape index (κ1) is 8.16. The highest BCUT2D eigenvalue weighted by atomic mass is 16.1. The van der Waals surface area contributed by atoms with Crippen molar-refractivity contribution in [1.29, 1.82) is 0 Å². The minimum Gasteiger partial charge on any atom is -0.294 e. The molecule has 3 rings (SSSR count). The fourth-order valence-corrected chi connectivity index (χ4v) is 2.31. The van der Waals surface area contributed by atoms with E-state index in [1.54, 1.807) is 0 Å². The van der Waals surface area contributed by atoms with Crippen LogP contribution in [0.15, 0.2) is 12.3 Å². The summed E-state index contributed by atoms with van der Waals surface area (Å²) < 4.78 is 0. The monoisotopic (exact) mass is 187 g/mol. The van der Waals surface area contributed by atoms with Gasteiger partial charge in [-0.1, -0.05) is 0 Å². The molecule has 0 aliphatic heterocycles. The van der Waals surface area contributed by atoms with E-state index >= 15 is 0 Å². The lowest BCUT2D eigenvalue weighted by molar-refractivity contribution is 0.0970. The van der Waals surface area contributed by atoms with Gasteiger partial charge in [0.05, 0.1) is 5.69 Å². The Morgan fingerprint density at radius 2 is 2.14 bits per heavy atom. The van der Waals surface area contributed by atoms with E-state index in [2.05, 4.69) is 4.98 Å². The average molecular weight is 187 g/mol. The normalized spacial score (nSPS) is 20.7. The number of rotatable bonds is 1. The number of carbonyl (C=O) groups is 1. The highest BCUT2D eigenvalue weighted by molar-refractivity contribution is 5.99. The summed E-state index contributed by atoms with van der Waals surface area (Å²) in [5, 5.41) is 0. The van der Waals surface area contributed by atoms with Crippen molar-refractivity contribution in [1.82, 2.24) is 4.98 Å². The Bertz CT molecular complexity index is 393. The van der Waals surface area contributed by atoms with Crippen LogP contribution in [0.2, 0.25) is 0 Å². The van der Waals surface area contributed by atoms with Crippen LogP contribution in [0.5, 0.6) is 0 Å². The van der Waals surface area contributed by atoms with Gasteiger partial charge in [0, 0.05) is 18.2 Å². The Hall–Kier alpha value is -1.18. The molecule has 1 heterocycles. The molecule has 2 aliphatic carbocycles. The summed E-state index contributed by atoms with van der Waals surface area (Å²) in [4.78, 5) is 16.1. The third-order valence-corrected chi connectivity index (χ3v) is 3.18. The van der Waals surface area contributed by atoms with Crippen LogP contribution in [0.1, 0.15) is 53.2 Å². The number of Topliss-reactive ketones (excluding diaryl/α,β-unsaturated/α-hetero) is 1. The number of ketones is 1. The van der Waals surface area contributed by atoms with Crippen LogP contribution < -0.4 is 0 Å². The van der Waals surface area contributed by atoms with E-state index in [0.29, 0.717) is 11.7 Å². The van der Waals surface area contributed by atoms with Gasteiger partial charge < -0.3 is 0 Å². The molecular formula is C12H13NO. The van der Waals surface area contributed by atoms with E-state index in [1.165, 1.54) is 18.4 Å². The van der Waals surface area contributed by atoms with Gasteiger partial charge in [0.2, 0.25) is 0 Å². The molecule has 14 heavy (non-hydrogen) atoms. The summed E-state index contributed by atoms with van der Waals surface area (Å²) in [6, 6.07) is 2.04. The van der Waals surface area contributed by atoms with E-state index in [1.807, 2.05) is 12.3 Å². The molecule has 0 atom stereocenters. The lowest BCUT2D eigenvalue weighted by atomic mass is 9.89. The molecule has 0 saturated heterocycles. The van der Waals surface area contributed by atoms with Crippen molar-refractivity contribution in [2.75, 3.05) is 0 Å². The van der Waals surface area contributed by atoms with Gasteiger partial charge in [0.15, 0.2) is 5.78 Å². The third-order valence-electron chi connectivity index (χ3n) is 3.18. The van der Waals surface area contributed by atoms with Gasteiger partial charge in [-0.3, -0.25) is 9.78 Å². The van der Waals surface area contributed by atoms with Crippen molar-refractivity contribution in [3.63, 3.8) is 0 Å². The fraction of sp³-hybridized carbons (Fsp3) is 0.500. The highest BCUT2D eigenvalue weighted by Crippen LogP contribution is 2.43. The van der Waals surface area contributed by atoms with Crippen LogP contribution >= 0.6 is 0 Å². The van der Waals surface area contributed by atoms with E-state index < -0.39 is 0 Å². The number of aryl methyl sites for hydroxylation is 1. The predicted molar refractivity (Wildman–Crippen MR) is 53.5 cm³/mol. The van der Waals surface area contributed by atoms with Crippen molar-refractivity contribution in [2.24, 2.45) is 0 Å². The van der Waals surface area contributed by atoms with Crippen LogP contribution in [0.3, 0.4) is 0 Å². The summed E-state index contributed by atoms with van der Waals surface area (Å²) in [5.74, 6) is 0.982. The van der Waals surface area contributed by atoms with Gasteiger partial charge in [-0.05, 0) is 43.2 Å². The van der Waals surface area contributed by atoms with Crippen LogP contribution in [0.25, 0.3) is 0 Å². The summed E-state index contributed by atoms with van der Waals surface area (Å²) in [6.45, 7) is 0. The molecule has 1 saturated carbocycles. The zero-order chi connectivity index (χ0) is 9.54. The zero-order valence-corrected chi connectivity index (χ0v) is 8.12. The number of fused-ring (bicyclic) bond motifs is 1. The molecule has 2 aliphatic rings. The largest absolute Gasteiger partial charge is 0.294 e. The van der Waals surface area contributed by atoms with Gasteiger partial charge in [0.1, 0.15) is 0 Å². The SMILES string of the molecule is O=C1CCCc2nccc(C3CC3)c21. The van der Waals surface area contributed by atoms with Crippen molar-refractivity contribution in [2.45, 2.75) is 38.0 Å². The molecule has 0 spiro atoms. The number of aromatic nitrogens is 1. The molecule has 1 aromatic rings. The van der Waals surface area contributed by atoms with Crippen LogP contribution in [0.4, 0.5) is 0 Å². The van der Waals surface area contributed by atoms with Crippen molar-refractivity contribution >= 4 is 5.78 Å². The first-order chi connectivity index (χ1) is 6.86. The van der Waals surface area contributed by atoms with Gasteiger partial charge in [0.25, 0.3) is 0 Å². The predicted octanol–water partition coefficient (Wildman–Crippen LogP) is 2.48. The molecule has 72 valence electrons. The molecule has 1 aromatic heterocycles. The maximum Gasteiger partial charge on any atom is 0.165 e. The zero-order valence-electron chi connectivity index (χ0n) is 8.12. The number of hydrogen-bond donors (Lipinski definition) is 0. The maximum atomic E-state index is 11.8. The highest BCUT2D eigenvalue weighted by Gasteiger charge is 2.30. The topological polar surface area (TPSA) is 30.0 Å². The molecule has 1 fully saturated rings. The van der Waals surface area contributed by atoms with Gasteiger partial charge in [-0.2, -0.15) is 0 Å². The smallest absolute Gasteiger partial charge is 0.165 e. The van der Waals surface area contributed by atoms with Gasteiger partial charge >= 0.3 is 0 Å². The van der Waals surface area contributed by atoms with Gasteiger partial charge in [-0.25, -0.2) is 0 Å². The molecule has 0 N–H and O–H groups in total. The second-order valence-electron chi connectivity index (χ2n) is 4.27. The van der Waals surface area contributed by atoms with Gasteiger partial charge in [-0.15, -0.1) is 0 Å². The molecular weight excluding hydrogens is 174 g/mol. The standard InChI is InChI=1S/C12H13NO/c14-11-3-1-2-10-12(11)9(6-7-13-10)8-4-5-8/h6-8H,1-5H2. The molecule has 2 heteroatoms. The lowest BCUT2D eigenvalue weighted by Crippen LogP contribution is -2.14. The van der Waals surface area contributed by atoms with E-state index in [-0.39, 0.29) is 0 Å². The molecule has 0 radical (unpaired) electrons. The average Bonchev–Trinajstić information content (AvgIpc) is 3.01. The second kappa shape index (κ2) is 2.91. The Labute approximate surface area is 83.4 Å². The Morgan fingerprint density at radius 3 is 2.93 bits per heavy atom. The van der Waals surface area contributed by atoms with E-state index in [4.69, 9.17) is 0 Å². The van der Waals surface area contributed by atoms with Crippen LogP contribution in [-0.4, -0.2) is 10.8 Å². The Kier molecular flexibility index (Phi) is 1.69. The number of hydrogen-bond acceptors (Lipinski definition) is 2. The fourth-order valence-electron chi connectivity index (χ4n) is 2.31. The third kappa shape index (κ3) is 1.17. The van der Waals surface area contributed by atoms with Crippen LogP contribution in [0, 0.1) is 0 Å². The van der Waals surface area contributed by atoms with Crippen molar-refractivity contribution in [3.05, 3.63) is 29.1 Å². The summed E-state index contributed by atoms with van der Waals surface area (Å²) in [7, 11) is 0. The minimum absolute atomic E-state index is 0.321. The lowest BCUT2D eigenvalue weighted by Gasteiger charge is -2.16. The van der Waals surface area contributed by atoms with Crippen molar-refractivity contribution in [3.8, 4) is 0 Å². The summed E-state index contributed by atoms with van der Waals surface area (Å²) in [6.07, 6.45) is 7.06. The van der Waals surface area contributed by atoms with Crippen LogP contribution in [-0.2, 0) is 6.42 Å².